The Balaban J connectivity index is 2.45. The molecule has 4 nitrogen and oxygen atoms in total. The molecule has 4 heteroatoms. The molecule has 2 aromatic heterocycles. The van der Waals surface area contributed by atoms with Gasteiger partial charge in [-0.25, -0.2) is 4.52 Å². The topological polar surface area (TPSA) is 67.2 Å². The molecule has 14 heavy (non-hydrogen) atoms. The van der Waals surface area contributed by atoms with Gasteiger partial charge in [0.05, 0.1) is 17.0 Å². The highest BCUT2D eigenvalue weighted by atomic mass is 15.2. The third-order valence-corrected chi connectivity index (χ3v) is 2.04. The fraction of sp³-hybridized carbons (Fsp3) is 0.200. The third-order valence-electron chi connectivity index (χ3n) is 2.04. The fourth-order valence-corrected chi connectivity index (χ4v) is 1.50. The number of fused-ring (bicyclic) bond motifs is 1. The van der Waals surface area contributed by atoms with Crippen molar-refractivity contribution in [2.24, 2.45) is 5.73 Å². The lowest BCUT2D eigenvalue weighted by atomic mass is 10.2. The molecule has 2 aromatic rings. The quantitative estimate of drug-likeness (QED) is 0.547. The maximum atomic E-state index is 7.20. The number of amidine groups is 1. The van der Waals surface area contributed by atoms with Gasteiger partial charge >= 0.3 is 0 Å². The summed E-state index contributed by atoms with van der Waals surface area (Å²) in [4.78, 5) is 0. The normalized spacial score (nSPS) is 10.6. The van der Waals surface area contributed by atoms with E-state index in [0.717, 1.165) is 16.8 Å². The molecule has 0 amide bonds. The van der Waals surface area contributed by atoms with Crippen molar-refractivity contribution in [3.63, 3.8) is 0 Å². The van der Waals surface area contributed by atoms with Crippen LogP contribution in [0, 0.1) is 12.3 Å². The molecule has 0 aliphatic rings. The Hall–Kier alpha value is -1.84. The van der Waals surface area contributed by atoms with Crippen molar-refractivity contribution in [3.8, 4) is 0 Å². The molecule has 3 N–H and O–H groups in total. The van der Waals surface area contributed by atoms with Gasteiger partial charge in [0.25, 0.3) is 0 Å². The second-order valence-electron chi connectivity index (χ2n) is 3.39. The van der Waals surface area contributed by atoms with Gasteiger partial charge in [-0.3, -0.25) is 5.41 Å². The Kier molecular flexibility index (Phi) is 1.96. The summed E-state index contributed by atoms with van der Waals surface area (Å²) < 4.78 is 1.82. The first-order valence-corrected chi connectivity index (χ1v) is 4.43. The number of aryl methyl sites for hydroxylation is 1. The molecule has 0 bridgehead atoms. The van der Waals surface area contributed by atoms with Crippen LogP contribution in [0.4, 0.5) is 0 Å². The van der Waals surface area contributed by atoms with Crippen molar-refractivity contribution >= 4 is 11.4 Å². The molecule has 0 fully saturated rings. The summed E-state index contributed by atoms with van der Waals surface area (Å²) >= 11 is 0. The van der Waals surface area contributed by atoms with Crippen LogP contribution in [-0.2, 0) is 6.42 Å². The number of hydrogen-bond donors (Lipinski definition) is 2. The Labute approximate surface area is 81.9 Å². The molecular formula is C10H12N4. The predicted octanol–water partition coefficient (Wildman–Crippen LogP) is 1.12. The lowest BCUT2D eigenvalue weighted by Crippen LogP contribution is -2.12. The fourth-order valence-electron chi connectivity index (χ4n) is 1.50. The molecular weight excluding hydrogens is 176 g/mol. The van der Waals surface area contributed by atoms with E-state index in [1.165, 1.54) is 0 Å². The molecule has 0 saturated carbocycles. The number of nitrogens with one attached hydrogen (secondary N) is 1. The Bertz CT molecular complexity index is 484. The van der Waals surface area contributed by atoms with Crippen LogP contribution >= 0.6 is 0 Å². The largest absolute Gasteiger partial charge is 0.387 e. The minimum Gasteiger partial charge on any atom is -0.387 e. The molecule has 0 unspecified atom stereocenters. The van der Waals surface area contributed by atoms with Crippen LogP contribution in [0.2, 0.25) is 0 Å². The zero-order chi connectivity index (χ0) is 10.1. The van der Waals surface area contributed by atoms with Gasteiger partial charge in [-0.1, -0.05) is 0 Å². The number of rotatable bonds is 2. The maximum Gasteiger partial charge on any atom is 0.0950 e. The smallest absolute Gasteiger partial charge is 0.0950 e. The summed E-state index contributed by atoms with van der Waals surface area (Å²) in [5.41, 5.74) is 8.41. The van der Waals surface area contributed by atoms with E-state index >= 15 is 0 Å². The van der Waals surface area contributed by atoms with E-state index in [2.05, 4.69) is 5.10 Å². The summed E-state index contributed by atoms with van der Waals surface area (Å²) in [5.74, 6) is 0.186. The van der Waals surface area contributed by atoms with Crippen molar-refractivity contribution in [2.45, 2.75) is 13.3 Å². The molecule has 0 aliphatic carbocycles. The number of hydrogen-bond acceptors (Lipinski definition) is 2. The summed E-state index contributed by atoms with van der Waals surface area (Å²) in [6.45, 7) is 1.96. The van der Waals surface area contributed by atoms with Gasteiger partial charge in [0.15, 0.2) is 0 Å². The zero-order valence-corrected chi connectivity index (χ0v) is 7.99. The molecule has 0 radical (unpaired) electrons. The standard InChI is InChI=1S/C10H12N4/c1-7-4-9-5-8(6-10(11)12)2-3-14(9)13-7/h2-5H,6H2,1H3,(H3,11,12). The van der Waals surface area contributed by atoms with Crippen LogP contribution < -0.4 is 5.73 Å². The van der Waals surface area contributed by atoms with Crippen LogP contribution in [0.5, 0.6) is 0 Å². The van der Waals surface area contributed by atoms with Gasteiger partial charge in [0.2, 0.25) is 0 Å². The monoisotopic (exact) mass is 188 g/mol. The lowest BCUT2D eigenvalue weighted by Gasteiger charge is -1.99. The Morgan fingerprint density at radius 1 is 1.57 bits per heavy atom. The van der Waals surface area contributed by atoms with Crippen LogP contribution in [0.25, 0.3) is 5.52 Å². The first-order valence-electron chi connectivity index (χ1n) is 4.43. The van der Waals surface area contributed by atoms with E-state index in [1.54, 1.807) is 0 Å². The summed E-state index contributed by atoms with van der Waals surface area (Å²) in [6, 6.07) is 5.94. The van der Waals surface area contributed by atoms with E-state index in [-0.39, 0.29) is 5.84 Å². The minimum atomic E-state index is 0.186. The molecule has 0 atom stereocenters. The Morgan fingerprint density at radius 2 is 2.36 bits per heavy atom. The second-order valence-corrected chi connectivity index (χ2v) is 3.39. The molecule has 0 saturated heterocycles. The first-order chi connectivity index (χ1) is 6.65. The van der Waals surface area contributed by atoms with Gasteiger partial charge < -0.3 is 5.73 Å². The SMILES string of the molecule is Cc1cc2cc(CC(=N)N)ccn2n1. The average molecular weight is 188 g/mol. The molecule has 0 spiro atoms. The molecule has 72 valence electrons. The summed E-state index contributed by atoms with van der Waals surface area (Å²) in [7, 11) is 0. The summed E-state index contributed by atoms with van der Waals surface area (Å²) in [5, 5.41) is 11.5. The number of nitrogens with two attached hydrogens (primary N) is 1. The molecule has 2 rings (SSSR count). The summed E-state index contributed by atoms with van der Waals surface area (Å²) in [6.07, 6.45) is 2.39. The van der Waals surface area contributed by atoms with E-state index in [1.807, 2.05) is 35.8 Å². The van der Waals surface area contributed by atoms with Crippen LogP contribution in [0.3, 0.4) is 0 Å². The number of nitrogens with zero attached hydrogens (tertiary/aromatic N) is 2. The van der Waals surface area contributed by atoms with Crippen molar-refractivity contribution in [1.29, 1.82) is 5.41 Å². The van der Waals surface area contributed by atoms with Gasteiger partial charge in [0, 0.05) is 12.6 Å². The van der Waals surface area contributed by atoms with Crippen molar-refractivity contribution in [1.82, 2.24) is 9.61 Å². The van der Waals surface area contributed by atoms with Crippen LogP contribution in [0.1, 0.15) is 11.3 Å². The number of pyridine rings is 1. The van der Waals surface area contributed by atoms with E-state index < -0.39 is 0 Å². The highest BCUT2D eigenvalue weighted by Crippen LogP contribution is 2.09. The molecule has 0 aromatic carbocycles. The lowest BCUT2D eigenvalue weighted by molar-refractivity contribution is 0.930. The highest BCUT2D eigenvalue weighted by molar-refractivity contribution is 5.79. The van der Waals surface area contributed by atoms with E-state index in [0.29, 0.717) is 6.42 Å². The van der Waals surface area contributed by atoms with Crippen LogP contribution in [-0.4, -0.2) is 15.4 Å². The van der Waals surface area contributed by atoms with Crippen molar-refractivity contribution < 1.29 is 0 Å². The zero-order valence-electron chi connectivity index (χ0n) is 7.99. The molecule has 2 heterocycles. The van der Waals surface area contributed by atoms with Gasteiger partial charge in [-0.15, -0.1) is 0 Å². The van der Waals surface area contributed by atoms with Gasteiger partial charge in [0.1, 0.15) is 0 Å². The maximum absolute atomic E-state index is 7.20. The average Bonchev–Trinajstić information content (AvgIpc) is 2.42. The number of aromatic nitrogens is 2. The van der Waals surface area contributed by atoms with Gasteiger partial charge in [-0.05, 0) is 30.7 Å². The minimum absolute atomic E-state index is 0.186. The van der Waals surface area contributed by atoms with Gasteiger partial charge in [-0.2, -0.15) is 5.10 Å². The predicted molar refractivity (Wildman–Crippen MR) is 55.5 cm³/mol. The van der Waals surface area contributed by atoms with Crippen molar-refractivity contribution in [2.75, 3.05) is 0 Å². The van der Waals surface area contributed by atoms with Crippen molar-refractivity contribution in [3.05, 3.63) is 35.7 Å². The van der Waals surface area contributed by atoms with E-state index in [4.69, 9.17) is 11.1 Å². The second kappa shape index (κ2) is 3.14. The highest BCUT2D eigenvalue weighted by Gasteiger charge is 2.00. The first kappa shape index (κ1) is 8.74. The van der Waals surface area contributed by atoms with E-state index in [9.17, 15) is 0 Å². The molecule has 0 aliphatic heterocycles. The van der Waals surface area contributed by atoms with Crippen LogP contribution in [0.15, 0.2) is 24.4 Å². The Morgan fingerprint density at radius 3 is 3.07 bits per heavy atom. The third kappa shape index (κ3) is 1.59.